The Kier molecular flexibility index (Phi) is 5.40. The van der Waals surface area contributed by atoms with Gasteiger partial charge in [-0.2, -0.15) is 4.98 Å². The van der Waals surface area contributed by atoms with E-state index in [0.717, 1.165) is 21.3 Å². The van der Waals surface area contributed by atoms with Crippen LogP contribution in [0, 0.1) is 20.8 Å². The van der Waals surface area contributed by atoms with Crippen molar-refractivity contribution in [1.82, 2.24) is 15.1 Å². The SMILES string of the molecule is Cc1cc(C)c2nc(N(Cc3ccccc3)C(=O)CCc3nc(C)no3)sc2c1. The normalized spacial score (nSPS) is 11.1. The van der Waals surface area contributed by atoms with Crippen LogP contribution in [0.2, 0.25) is 0 Å². The van der Waals surface area contributed by atoms with Crippen LogP contribution in [0.4, 0.5) is 5.13 Å². The highest BCUT2D eigenvalue weighted by atomic mass is 32.1. The van der Waals surface area contributed by atoms with E-state index in [4.69, 9.17) is 9.51 Å². The molecule has 0 bridgehead atoms. The third kappa shape index (κ3) is 4.35. The lowest BCUT2D eigenvalue weighted by molar-refractivity contribution is -0.118. The molecule has 4 rings (SSSR count). The Morgan fingerprint density at radius 1 is 1.10 bits per heavy atom. The summed E-state index contributed by atoms with van der Waals surface area (Å²) in [6.07, 6.45) is 0.691. The molecule has 148 valence electrons. The number of fused-ring (bicyclic) bond motifs is 1. The van der Waals surface area contributed by atoms with Crippen molar-refractivity contribution in [2.75, 3.05) is 4.90 Å². The van der Waals surface area contributed by atoms with Gasteiger partial charge >= 0.3 is 0 Å². The van der Waals surface area contributed by atoms with Crippen LogP contribution < -0.4 is 4.90 Å². The van der Waals surface area contributed by atoms with Crippen molar-refractivity contribution in [2.45, 2.75) is 40.2 Å². The molecular formula is C22H22N4O2S. The van der Waals surface area contributed by atoms with Gasteiger partial charge < -0.3 is 4.52 Å². The maximum Gasteiger partial charge on any atom is 0.229 e. The smallest absolute Gasteiger partial charge is 0.229 e. The first kappa shape index (κ1) is 19.3. The standard InChI is InChI=1S/C22H22N4O2S/c1-14-11-15(2)21-18(12-14)29-22(24-21)26(13-17-7-5-4-6-8-17)20(27)10-9-19-23-16(3)25-28-19/h4-8,11-12H,9-10,13H2,1-3H3. The number of carbonyl (C=O) groups excluding carboxylic acids is 1. The van der Waals surface area contributed by atoms with Crippen LogP contribution in [0.3, 0.4) is 0 Å². The lowest BCUT2D eigenvalue weighted by atomic mass is 10.1. The van der Waals surface area contributed by atoms with E-state index in [1.165, 1.54) is 5.56 Å². The lowest BCUT2D eigenvalue weighted by Crippen LogP contribution is -2.30. The highest BCUT2D eigenvalue weighted by molar-refractivity contribution is 7.22. The summed E-state index contributed by atoms with van der Waals surface area (Å²) in [4.78, 5) is 23.9. The van der Waals surface area contributed by atoms with Gasteiger partial charge in [0.05, 0.1) is 16.8 Å². The summed E-state index contributed by atoms with van der Waals surface area (Å²) in [5.74, 6) is 1.04. The lowest BCUT2D eigenvalue weighted by Gasteiger charge is -2.19. The first-order valence-electron chi connectivity index (χ1n) is 9.51. The summed E-state index contributed by atoms with van der Waals surface area (Å²) in [6.45, 7) is 6.37. The number of carbonyl (C=O) groups is 1. The summed E-state index contributed by atoms with van der Waals surface area (Å²) in [7, 11) is 0. The van der Waals surface area contributed by atoms with E-state index < -0.39 is 0 Å². The fraction of sp³-hybridized carbons (Fsp3) is 0.273. The molecule has 1 amide bonds. The number of aryl methyl sites for hydroxylation is 4. The average molecular weight is 407 g/mol. The summed E-state index contributed by atoms with van der Waals surface area (Å²) >= 11 is 1.55. The van der Waals surface area contributed by atoms with Gasteiger partial charge in [0.1, 0.15) is 0 Å². The van der Waals surface area contributed by atoms with Crippen molar-refractivity contribution in [2.24, 2.45) is 0 Å². The molecule has 7 heteroatoms. The minimum absolute atomic E-state index is 0.0156. The molecule has 0 unspecified atom stereocenters. The predicted octanol–water partition coefficient (Wildman–Crippen LogP) is 4.77. The molecule has 2 heterocycles. The van der Waals surface area contributed by atoms with Crippen LogP contribution in [0.25, 0.3) is 10.2 Å². The third-order valence-electron chi connectivity index (χ3n) is 4.66. The molecule has 0 saturated heterocycles. The molecule has 2 aromatic heterocycles. The Bertz CT molecular complexity index is 1150. The molecule has 0 atom stereocenters. The second-order valence-corrected chi connectivity index (χ2v) is 8.13. The number of aromatic nitrogens is 3. The van der Waals surface area contributed by atoms with Gasteiger partial charge in [0.15, 0.2) is 11.0 Å². The summed E-state index contributed by atoms with van der Waals surface area (Å²) in [6, 6.07) is 14.2. The minimum atomic E-state index is -0.0156. The maximum absolute atomic E-state index is 13.2. The van der Waals surface area contributed by atoms with Gasteiger partial charge in [-0.3, -0.25) is 9.69 Å². The summed E-state index contributed by atoms with van der Waals surface area (Å²) in [5.41, 5.74) is 4.32. The Balaban J connectivity index is 1.64. The van der Waals surface area contributed by atoms with Gasteiger partial charge in [-0.1, -0.05) is 52.9 Å². The zero-order chi connectivity index (χ0) is 20.4. The van der Waals surface area contributed by atoms with Gasteiger partial charge in [0.2, 0.25) is 11.8 Å². The number of anilines is 1. The number of benzene rings is 2. The van der Waals surface area contributed by atoms with E-state index in [9.17, 15) is 4.79 Å². The van der Waals surface area contributed by atoms with E-state index in [1.54, 1.807) is 23.2 Å². The summed E-state index contributed by atoms with van der Waals surface area (Å²) in [5, 5.41) is 4.50. The van der Waals surface area contributed by atoms with Gasteiger partial charge in [0.25, 0.3) is 0 Å². The average Bonchev–Trinajstić information content (AvgIpc) is 3.31. The van der Waals surface area contributed by atoms with Crippen molar-refractivity contribution < 1.29 is 9.32 Å². The fourth-order valence-electron chi connectivity index (χ4n) is 3.29. The second kappa shape index (κ2) is 8.13. The largest absolute Gasteiger partial charge is 0.339 e. The van der Waals surface area contributed by atoms with Gasteiger partial charge in [-0.15, -0.1) is 0 Å². The Morgan fingerprint density at radius 3 is 2.62 bits per heavy atom. The van der Waals surface area contributed by atoms with Crippen molar-refractivity contribution >= 4 is 32.6 Å². The van der Waals surface area contributed by atoms with Gasteiger partial charge in [0, 0.05) is 12.8 Å². The molecule has 29 heavy (non-hydrogen) atoms. The van der Waals surface area contributed by atoms with Gasteiger partial charge in [-0.25, -0.2) is 4.98 Å². The molecule has 0 radical (unpaired) electrons. The highest BCUT2D eigenvalue weighted by Gasteiger charge is 2.21. The minimum Gasteiger partial charge on any atom is -0.339 e. The number of amides is 1. The Hall–Kier alpha value is -3.06. The Labute approximate surface area is 173 Å². The number of nitrogens with zero attached hydrogens (tertiary/aromatic N) is 4. The monoisotopic (exact) mass is 406 g/mol. The van der Waals surface area contributed by atoms with Crippen LogP contribution in [-0.2, 0) is 17.8 Å². The first-order chi connectivity index (χ1) is 14.0. The van der Waals surface area contributed by atoms with Crippen LogP contribution >= 0.6 is 11.3 Å². The maximum atomic E-state index is 13.2. The molecule has 6 nitrogen and oxygen atoms in total. The molecular weight excluding hydrogens is 384 g/mol. The number of hydrogen-bond donors (Lipinski definition) is 0. The van der Waals surface area contributed by atoms with Crippen molar-refractivity contribution in [1.29, 1.82) is 0 Å². The van der Waals surface area contributed by atoms with E-state index in [-0.39, 0.29) is 12.3 Å². The molecule has 0 N–H and O–H groups in total. The molecule has 0 aliphatic heterocycles. The molecule has 2 aromatic carbocycles. The predicted molar refractivity (Wildman–Crippen MR) is 114 cm³/mol. The first-order valence-corrected chi connectivity index (χ1v) is 10.3. The molecule has 0 aliphatic rings. The quantitative estimate of drug-likeness (QED) is 0.461. The second-order valence-electron chi connectivity index (χ2n) is 7.13. The van der Waals surface area contributed by atoms with Crippen LogP contribution in [0.15, 0.2) is 47.0 Å². The summed E-state index contributed by atoms with van der Waals surface area (Å²) < 4.78 is 6.24. The number of rotatable bonds is 6. The van der Waals surface area contributed by atoms with Crippen molar-refractivity contribution in [3.8, 4) is 0 Å². The Morgan fingerprint density at radius 2 is 1.90 bits per heavy atom. The van der Waals surface area contributed by atoms with Crippen LogP contribution in [-0.4, -0.2) is 21.0 Å². The molecule has 0 saturated carbocycles. The molecule has 0 spiro atoms. The fourth-order valence-corrected chi connectivity index (χ4v) is 4.45. The number of hydrogen-bond acceptors (Lipinski definition) is 6. The molecule has 0 fully saturated rings. The van der Waals surface area contributed by atoms with E-state index in [2.05, 4.69) is 36.1 Å². The van der Waals surface area contributed by atoms with E-state index >= 15 is 0 Å². The zero-order valence-electron chi connectivity index (χ0n) is 16.7. The number of thiazole rings is 1. The van der Waals surface area contributed by atoms with E-state index in [0.29, 0.717) is 29.8 Å². The van der Waals surface area contributed by atoms with Gasteiger partial charge in [-0.05, 0) is 43.5 Å². The van der Waals surface area contributed by atoms with Crippen molar-refractivity contribution in [3.05, 3.63) is 70.9 Å². The van der Waals surface area contributed by atoms with Crippen LogP contribution in [0.1, 0.15) is 34.8 Å². The van der Waals surface area contributed by atoms with E-state index in [1.807, 2.05) is 30.3 Å². The van der Waals surface area contributed by atoms with Crippen molar-refractivity contribution in [3.63, 3.8) is 0 Å². The molecule has 0 aliphatic carbocycles. The van der Waals surface area contributed by atoms with Crippen LogP contribution in [0.5, 0.6) is 0 Å². The zero-order valence-corrected chi connectivity index (χ0v) is 17.5. The third-order valence-corrected chi connectivity index (χ3v) is 5.68. The topological polar surface area (TPSA) is 72.1 Å². The molecule has 4 aromatic rings. The highest BCUT2D eigenvalue weighted by Crippen LogP contribution is 2.33.